The highest BCUT2D eigenvalue weighted by molar-refractivity contribution is 7.98. The smallest absolute Gasteiger partial charge is 0.252 e. The first kappa shape index (κ1) is 18.6. The fourth-order valence-corrected chi connectivity index (χ4v) is 4.19. The first-order valence-electron chi connectivity index (χ1n) is 9.35. The average molecular weight is 393 g/mol. The number of hydrogen-bond donors (Lipinski definition) is 1. The van der Waals surface area contributed by atoms with Gasteiger partial charge in [0.15, 0.2) is 0 Å². The van der Waals surface area contributed by atoms with Gasteiger partial charge >= 0.3 is 0 Å². The van der Waals surface area contributed by atoms with Crippen LogP contribution in [0.4, 0.5) is 0 Å². The molecular weight excluding hydrogens is 368 g/mol. The number of thioether (sulfide) groups is 1. The van der Waals surface area contributed by atoms with E-state index in [1.54, 1.807) is 11.8 Å². The Bertz CT molecular complexity index is 1140. The highest BCUT2D eigenvalue weighted by Gasteiger charge is 2.22. The van der Waals surface area contributed by atoms with Gasteiger partial charge in [-0.05, 0) is 48.8 Å². The number of carbonyl (C=O) groups is 1. The third kappa shape index (κ3) is 3.29. The quantitative estimate of drug-likeness (QED) is 0.533. The minimum Gasteiger partial charge on any atom is -0.351 e. The number of hydrogen-bond acceptors (Lipinski definition) is 3. The maximum Gasteiger partial charge on any atom is 0.252 e. The van der Waals surface area contributed by atoms with E-state index in [1.165, 1.54) is 0 Å². The van der Waals surface area contributed by atoms with Crippen molar-refractivity contribution >= 4 is 39.6 Å². The van der Waals surface area contributed by atoms with Gasteiger partial charge in [-0.2, -0.15) is 11.8 Å². The zero-order valence-electron chi connectivity index (χ0n) is 16.3. The van der Waals surface area contributed by atoms with Crippen LogP contribution in [0.3, 0.4) is 0 Å². The zero-order valence-corrected chi connectivity index (χ0v) is 17.2. The molecule has 4 aromatic rings. The summed E-state index contributed by atoms with van der Waals surface area (Å²) in [5, 5.41) is 4.21. The molecular formula is C22H24N4OS. The number of fused-ring (bicyclic) bond motifs is 2. The molecule has 2 heterocycles. The van der Waals surface area contributed by atoms with Crippen LogP contribution in [0.2, 0.25) is 0 Å². The van der Waals surface area contributed by atoms with Crippen LogP contribution in [0, 0.1) is 0 Å². The monoisotopic (exact) mass is 392 g/mol. The van der Waals surface area contributed by atoms with Gasteiger partial charge in [0.2, 0.25) is 0 Å². The largest absolute Gasteiger partial charge is 0.351 e. The molecule has 0 saturated heterocycles. The van der Waals surface area contributed by atoms with E-state index in [-0.39, 0.29) is 11.9 Å². The molecule has 0 bridgehead atoms. The number of para-hydroxylation sites is 2. The van der Waals surface area contributed by atoms with Crippen molar-refractivity contribution in [1.29, 1.82) is 0 Å². The molecule has 0 aliphatic rings. The van der Waals surface area contributed by atoms with Gasteiger partial charge in [-0.1, -0.05) is 18.2 Å². The van der Waals surface area contributed by atoms with Gasteiger partial charge in [0.05, 0.1) is 17.1 Å². The first-order valence-corrected chi connectivity index (χ1v) is 10.7. The van der Waals surface area contributed by atoms with Crippen molar-refractivity contribution in [2.75, 3.05) is 12.0 Å². The van der Waals surface area contributed by atoms with Crippen molar-refractivity contribution in [1.82, 2.24) is 19.4 Å². The van der Waals surface area contributed by atoms with Crippen molar-refractivity contribution in [3.63, 3.8) is 0 Å². The number of carbonyl (C=O) groups excluding carboxylic acids is 1. The van der Waals surface area contributed by atoms with E-state index < -0.39 is 0 Å². The number of nitrogens with one attached hydrogen (secondary N) is 1. The van der Waals surface area contributed by atoms with Crippen LogP contribution in [0.15, 0.2) is 54.7 Å². The van der Waals surface area contributed by atoms with E-state index in [1.807, 2.05) is 67.3 Å². The third-order valence-corrected chi connectivity index (χ3v) is 5.87. The van der Waals surface area contributed by atoms with Gasteiger partial charge in [-0.3, -0.25) is 4.79 Å². The second-order valence-corrected chi connectivity index (χ2v) is 7.98. The maximum atomic E-state index is 13.2. The van der Waals surface area contributed by atoms with Crippen LogP contribution in [0.5, 0.6) is 0 Å². The Morgan fingerprint density at radius 3 is 2.68 bits per heavy atom. The number of aromatic nitrogens is 3. The summed E-state index contributed by atoms with van der Waals surface area (Å²) >= 11 is 1.77. The number of benzene rings is 2. The summed E-state index contributed by atoms with van der Waals surface area (Å²) < 4.78 is 4.12. The molecule has 0 radical (unpaired) electrons. The lowest BCUT2D eigenvalue weighted by molar-refractivity contribution is 0.0935. The second kappa shape index (κ2) is 7.72. The van der Waals surface area contributed by atoms with Crippen molar-refractivity contribution in [3.8, 4) is 0 Å². The van der Waals surface area contributed by atoms with E-state index in [2.05, 4.69) is 22.2 Å². The molecule has 0 saturated carbocycles. The van der Waals surface area contributed by atoms with Gasteiger partial charge in [0.1, 0.15) is 5.82 Å². The predicted octanol–water partition coefficient (Wildman–Crippen LogP) is 4.29. The van der Waals surface area contributed by atoms with Crippen molar-refractivity contribution in [2.45, 2.75) is 12.5 Å². The Balaban J connectivity index is 1.69. The van der Waals surface area contributed by atoms with Gasteiger partial charge in [0.25, 0.3) is 5.91 Å². The van der Waals surface area contributed by atoms with E-state index in [0.29, 0.717) is 5.56 Å². The van der Waals surface area contributed by atoms with E-state index >= 15 is 0 Å². The lowest BCUT2D eigenvalue weighted by Gasteiger charge is -2.19. The van der Waals surface area contributed by atoms with E-state index in [9.17, 15) is 4.79 Å². The van der Waals surface area contributed by atoms with Gasteiger partial charge in [0, 0.05) is 36.8 Å². The standard InChI is InChI=1S/C22H24N4OS/c1-25-13-11-15-16(7-6-10-19(15)25)22(27)24-18(12-14-28-3)21-23-17-8-4-5-9-20(17)26(21)2/h4-11,13,18H,12,14H2,1-3H3,(H,24,27). The van der Waals surface area contributed by atoms with Crippen molar-refractivity contribution in [2.24, 2.45) is 14.1 Å². The summed E-state index contributed by atoms with van der Waals surface area (Å²) in [6.45, 7) is 0. The Hall–Kier alpha value is -2.73. The fraction of sp³-hybridized carbons (Fsp3) is 0.273. The number of amides is 1. The molecule has 1 amide bonds. The minimum atomic E-state index is -0.142. The highest BCUT2D eigenvalue weighted by Crippen LogP contribution is 2.25. The Morgan fingerprint density at radius 2 is 1.89 bits per heavy atom. The molecule has 6 heteroatoms. The molecule has 0 aliphatic heterocycles. The molecule has 1 unspecified atom stereocenters. The zero-order chi connectivity index (χ0) is 19.7. The summed E-state index contributed by atoms with van der Waals surface area (Å²) in [7, 11) is 4.01. The van der Waals surface area contributed by atoms with Crippen molar-refractivity contribution in [3.05, 3.63) is 66.1 Å². The molecule has 28 heavy (non-hydrogen) atoms. The lowest BCUT2D eigenvalue weighted by Crippen LogP contribution is -2.31. The summed E-state index contributed by atoms with van der Waals surface area (Å²) in [5.74, 6) is 1.78. The number of nitrogens with zero attached hydrogens (tertiary/aromatic N) is 3. The van der Waals surface area contributed by atoms with Crippen LogP contribution < -0.4 is 5.32 Å². The van der Waals surface area contributed by atoms with E-state index in [0.717, 1.165) is 39.9 Å². The Kier molecular flexibility index (Phi) is 5.13. The molecule has 144 valence electrons. The first-order chi connectivity index (χ1) is 13.6. The normalized spacial score (nSPS) is 12.5. The topological polar surface area (TPSA) is 51.9 Å². The second-order valence-electron chi connectivity index (χ2n) is 6.99. The SMILES string of the molecule is CSCCC(NC(=O)c1cccc2c1ccn2C)c1nc2ccccc2n1C. The number of rotatable bonds is 6. The minimum absolute atomic E-state index is 0.0602. The molecule has 4 rings (SSSR count). The molecule has 0 spiro atoms. The van der Waals surface area contributed by atoms with Crippen LogP contribution >= 0.6 is 11.8 Å². The average Bonchev–Trinajstić information content (AvgIpc) is 3.26. The predicted molar refractivity (Wildman–Crippen MR) is 117 cm³/mol. The third-order valence-electron chi connectivity index (χ3n) is 5.22. The highest BCUT2D eigenvalue weighted by atomic mass is 32.2. The summed E-state index contributed by atoms with van der Waals surface area (Å²) in [5.41, 5.74) is 3.78. The number of imidazole rings is 1. The van der Waals surface area contributed by atoms with Crippen LogP contribution in [0.25, 0.3) is 21.9 Å². The molecule has 2 aromatic carbocycles. The van der Waals surface area contributed by atoms with Gasteiger partial charge in [-0.15, -0.1) is 0 Å². The van der Waals surface area contributed by atoms with Crippen molar-refractivity contribution < 1.29 is 4.79 Å². The molecule has 0 fully saturated rings. The molecule has 1 atom stereocenters. The summed E-state index contributed by atoms with van der Waals surface area (Å²) in [6.07, 6.45) is 4.89. The maximum absolute atomic E-state index is 13.2. The molecule has 2 aromatic heterocycles. The fourth-order valence-electron chi connectivity index (χ4n) is 3.71. The van der Waals surface area contributed by atoms with Gasteiger partial charge < -0.3 is 14.5 Å². The van der Waals surface area contributed by atoms with Crippen LogP contribution in [0.1, 0.15) is 28.6 Å². The Labute approximate surface area is 168 Å². The molecule has 1 N–H and O–H groups in total. The summed E-state index contributed by atoms with van der Waals surface area (Å²) in [4.78, 5) is 18.0. The van der Waals surface area contributed by atoms with E-state index in [4.69, 9.17) is 4.98 Å². The van der Waals surface area contributed by atoms with Crippen LogP contribution in [-0.2, 0) is 14.1 Å². The lowest BCUT2D eigenvalue weighted by atomic mass is 10.1. The summed E-state index contributed by atoms with van der Waals surface area (Å²) in [6, 6.07) is 15.8. The van der Waals surface area contributed by atoms with Crippen LogP contribution in [-0.4, -0.2) is 32.0 Å². The molecule has 5 nitrogen and oxygen atoms in total. The number of aryl methyl sites for hydroxylation is 2. The van der Waals surface area contributed by atoms with Gasteiger partial charge in [-0.25, -0.2) is 4.98 Å². The molecule has 0 aliphatic carbocycles. The Morgan fingerprint density at radius 1 is 1.11 bits per heavy atom.